The molecule has 1 heterocycles. The second kappa shape index (κ2) is 11.4. The van der Waals surface area contributed by atoms with Gasteiger partial charge in [0.25, 0.3) is 0 Å². The average molecular weight is 454 g/mol. The molecule has 2 amide bonds. The van der Waals surface area contributed by atoms with Gasteiger partial charge in [-0.05, 0) is 56.7 Å². The molecular weight excluding hydrogens is 422 g/mol. The molecule has 3 rings (SSSR count). The highest BCUT2D eigenvalue weighted by Gasteiger charge is 2.16. The Morgan fingerprint density at radius 3 is 2.48 bits per heavy atom. The fourth-order valence-electron chi connectivity index (χ4n) is 3.00. The van der Waals surface area contributed by atoms with Crippen molar-refractivity contribution in [3.8, 4) is 5.75 Å². The fourth-order valence-corrected chi connectivity index (χ4v) is 3.00. The number of methoxy groups -OCH3 is 2. The first kappa shape index (κ1) is 24.2. The molecule has 33 heavy (non-hydrogen) atoms. The molecule has 0 bridgehead atoms. The van der Waals surface area contributed by atoms with Gasteiger partial charge in [-0.1, -0.05) is 0 Å². The lowest BCUT2D eigenvalue weighted by Crippen LogP contribution is -2.34. The number of anilines is 3. The van der Waals surface area contributed by atoms with Crippen LogP contribution in [0.1, 0.15) is 20.3 Å². The molecule has 0 aliphatic carbocycles. The Kier molecular flexibility index (Phi) is 8.39. The van der Waals surface area contributed by atoms with Crippen molar-refractivity contribution >= 4 is 34.1 Å². The molecule has 0 saturated carbocycles. The molecule has 0 spiro atoms. The third-order valence-electron chi connectivity index (χ3n) is 5.13. The number of carbonyl (C=O) groups excluding carboxylic acids is 1. The molecule has 9 heteroatoms. The third-order valence-corrected chi connectivity index (χ3v) is 5.13. The topological polar surface area (TPSA) is 107 Å². The zero-order valence-electron chi connectivity index (χ0n) is 19.5. The molecule has 0 fully saturated rings. The summed E-state index contributed by atoms with van der Waals surface area (Å²) in [5.74, 6) is 1.41. The van der Waals surface area contributed by atoms with E-state index in [1.807, 2.05) is 56.3 Å². The molecule has 0 radical (unpaired) electrons. The van der Waals surface area contributed by atoms with Gasteiger partial charge in [0, 0.05) is 43.6 Å². The van der Waals surface area contributed by atoms with Gasteiger partial charge in [0.05, 0.1) is 17.7 Å². The molecule has 0 atom stereocenters. The highest BCUT2D eigenvalue weighted by Crippen LogP contribution is 2.26. The number of nitrogens with zero attached hydrogens (tertiary/aromatic N) is 2. The number of hydrogen-bond acceptors (Lipinski definition) is 7. The molecule has 176 valence electrons. The maximum Gasteiger partial charge on any atom is 0.319 e. The van der Waals surface area contributed by atoms with Crippen molar-refractivity contribution in [2.45, 2.75) is 25.9 Å². The molecule has 3 aromatic rings. The summed E-state index contributed by atoms with van der Waals surface area (Å²) in [7, 11) is 3.30. The Labute approximate surface area is 193 Å². The van der Waals surface area contributed by atoms with Crippen molar-refractivity contribution in [2.75, 3.05) is 44.6 Å². The maximum atomic E-state index is 12.1. The Hall–Kier alpha value is -3.43. The Morgan fingerprint density at radius 2 is 1.76 bits per heavy atom. The maximum absolute atomic E-state index is 12.1. The van der Waals surface area contributed by atoms with Crippen LogP contribution in [0.25, 0.3) is 10.9 Å². The van der Waals surface area contributed by atoms with Gasteiger partial charge in [-0.2, -0.15) is 0 Å². The van der Waals surface area contributed by atoms with Crippen LogP contribution in [0.4, 0.5) is 22.0 Å². The highest BCUT2D eigenvalue weighted by molar-refractivity contribution is 5.92. The molecule has 2 aromatic carbocycles. The van der Waals surface area contributed by atoms with Crippen molar-refractivity contribution in [3.63, 3.8) is 0 Å². The number of amides is 2. The minimum Gasteiger partial charge on any atom is -0.491 e. The van der Waals surface area contributed by atoms with E-state index in [4.69, 9.17) is 14.2 Å². The number of rotatable bonds is 11. The van der Waals surface area contributed by atoms with Gasteiger partial charge in [0.1, 0.15) is 24.5 Å². The van der Waals surface area contributed by atoms with Crippen molar-refractivity contribution in [1.29, 1.82) is 0 Å². The van der Waals surface area contributed by atoms with E-state index in [-0.39, 0.29) is 11.6 Å². The number of urea groups is 1. The summed E-state index contributed by atoms with van der Waals surface area (Å²) in [6.07, 6.45) is 2.22. The minimum atomic E-state index is -0.273. The van der Waals surface area contributed by atoms with E-state index < -0.39 is 0 Å². The van der Waals surface area contributed by atoms with E-state index in [2.05, 4.69) is 25.9 Å². The number of hydrogen-bond donors (Lipinski definition) is 3. The number of benzene rings is 2. The predicted molar refractivity (Wildman–Crippen MR) is 129 cm³/mol. The molecular formula is C24H31N5O4. The second-order valence-corrected chi connectivity index (χ2v) is 8.04. The average Bonchev–Trinajstić information content (AvgIpc) is 2.80. The number of carbonyl (C=O) groups is 1. The first-order valence-corrected chi connectivity index (χ1v) is 10.7. The van der Waals surface area contributed by atoms with Crippen molar-refractivity contribution in [2.24, 2.45) is 0 Å². The van der Waals surface area contributed by atoms with Crippen LogP contribution in [0, 0.1) is 0 Å². The summed E-state index contributed by atoms with van der Waals surface area (Å²) in [5, 5.41) is 9.84. The second-order valence-electron chi connectivity index (χ2n) is 8.04. The predicted octanol–water partition coefficient (Wildman–Crippen LogP) is 4.34. The Morgan fingerprint density at radius 1 is 1.00 bits per heavy atom. The van der Waals surface area contributed by atoms with Gasteiger partial charge >= 0.3 is 6.03 Å². The first-order valence-electron chi connectivity index (χ1n) is 10.7. The van der Waals surface area contributed by atoms with Crippen LogP contribution in [0.3, 0.4) is 0 Å². The van der Waals surface area contributed by atoms with Gasteiger partial charge in [-0.25, -0.2) is 14.8 Å². The summed E-state index contributed by atoms with van der Waals surface area (Å²) in [6.45, 7) is 5.48. The van der Waals surface area contributed by atoms with Gasteiger partial charge in [0.15, 0.2) is 0 Å². The van der Waals surface area contributed by atoms with E-state index in [1.165, 1.54) is 6.33 Å². The zero-order valence-corrected chi connectivity index (χ0v) is 19.5. The van der Waals surface area contributed by atoms with Crippen LogP contribution >= 0.6 is 0 Å². The first-order chi connectivity index (χ1) is 15.9. The van der Waals surface area contributed by atoms with Crippen molar-refractivity contribution in [1.82, 2.24) is 15.3 Å². The standard InChI is InChI=1S/C24H31N5O4/c1-24(2,32-4)11-12-25-23(30)29-18-7-5-17(6-8-18)28-22-20-10-9-19(33-14-13-31-3)15-21(20)26-16-27-22/h5-10,15-16H,11-14H2,1-4H3,(H2,25,29,30)(H,26,27,28). The van der Waals surface area contributed by atoms with Crippen LogP contribution in [-0.4, -0.2) is 55.6 Å². The number of fused-ring (bicyclic) bond motifs is 1. The lowest BCUT2D eigenvalue weighted by atomic mass is 10.1. The van der Waals surface area contributed by atoms with Crippen molar-refractivity contribution < 1.29 is 19.0 Å². The van der Waals surface area contributed by atoms with E-state index in [0.29, 0.717) is 37.7 Å². The van der Waals surface area contributed by atoms with Crippen LogP contribution in [0.15, 0.2) is 48.8 Å². The smallest absolute Gasteiger partial charge is 0.319 e. The number of ether oxygens (including phenoxy) is 3. The molecule has 3 N–H and O–H groups in total. The van der Waals surface area contributed by atoms with Crippen LogP contribution < -0.4 is 20.7 Å². The van der Waals surface area contributed by atoms with Gasteiger partial charge < -0.3 is 30.2 Å². The normalized spacial score (nSPS) is 11.3. The summed E-state index contributed by atoms with van der Waals surface area (Å²) < 4.78 is 16.0. The Balaban J connectivity index is 1.58. The largest absolute Gasteiger partial charge is 0.491 e. The quantitative estimate of drug-likeness (QED) is 0.371. The van der Waals surface area contributed by atoms with E-state index in [9.17, 15) is 4.79 Å². The monoisotopic (exact) mass is 453 g/mol. The summed E-state index contributed by atoms with van der Waals surface area (Å²) in [5.41, 5.74) is 2.02. The molecule has 0 aliphatic rings. The SMILES string of the molecule is COCCOc1ccc2c(Nc3ccc(NC(=O)NCCC(C)(C)OC)cc3)ncnc2c1. The molecule has 9 nitrogen and oxygen atoms in total. The Bertz CT molecular complexity index is 1060. The summed E-state index contributed by atoms with van der Waals surface area (Å²) >= 11 is 0. The fraction of sp³-hybridized carbons (Fsp3) is 0.375. The van der Waals surface area contributed by atoms with Crippen LogP contribution in [0.2, 0.25) is 0 Å². The number of aromatic nitrogens is 2. The van der Waals surface area contributed by atoms with Crippen LogP contribution in [-0.2, 0) is 9.47 Å². The molecule has 0 saturated heterocycles. The number of nitrogens with one attached hydrogen (secondary N) is 3. The van der Waals surface area contributed by atoms with E-state index in [1.54, 1.807) is 14.2 Å². The van der Waals surface area contributed by atoms with Crippen molar-refractivity contribution in [3.05, 3.63) is 48.8 Å². The van der Waals surface area contributed by atoms with Crippen LogP contribution in [0.5, 0.6) is 5.75 Å². The molecule has 1 aromatic heterocycles. The summed E-state index contributed by atoms with van der Waals surface area (Å²) in [6, 6.07) is 12.8. The highest BCUT2D eigenvalue weighted by atomic mass is 16.5. The van der Waals surface area contributed by atoms with Gasteiger partial charge in [0.2, 0.25) is 0 Å². The third kappa shape index (κ3) is 7.30. The molecule has 0 aliphatic heterocycles. The summed E-state index contributed by atoms with van der Waals surface area (Å²) in [4.78, 5) is 20.8. The lowest BCUT2D eigenvalue weighted by Gasteiger charge is -2.22. The van der Waals surface area contributed by atoms with Gasteiger partial charge in [-0.3, -0.25) is 0 Å². The van der Waals surface area contributed by atoms with E-state index in [0.717, 1.165) is 22.3 Å². The van der Waals surface area contributed by atoms with E-state index >= 15 is 0 Å². The van der Waals surface area contributed by atoms with Gasteiger partial charge in [-0.15, -0.1) is 0 Å². The zero-order chi connectivity index (χ0) is 23.7. The lowest BCUT2D eigenvalue weighted by molar-refractivity contribution is 0.0165. The molecule has 0 unspecified atom stereocenters. The minimum absolute atomic E-state index is 0.257.